The molecule has 1 aromatic heterocycles. The van der Waals surface area contributed by atoms with Crippen molar-refractivity contribution in [1.82, 2.24) is 4.90 Å². The molecule has 0 N–H and O–H groups in total. The van der Waals surface area contributed by atoms with E-state index in [9.17, 15) is 0 Å². The summed E-state index contributed by atoms with van der Waals surface area (Å²) in [5, 5.41) is 0. The van der Waals surface area contributed by atoms with E-state index >= 15 is 0 Å². The van der Waals surface area contributed by atoms with Crippen molar-refractivity contribution in [3.05, 3.63) is 15.8 Å². The van der Waals surface area contributed by atoms with E-state index in [0.717, 1.165) is 18.8 Å². The second-order valence-corrected chi connectivity index (χ2v) is 5.12. The minimum Gasteiger partial charge on any atom is -0.491 e. The summed E-state index contributed by atoms with van der Waals surface area (Å²) in [7, 11) is 4.22. The maximum absolute atomic E-state index is 5.69. The summed E-state index contributed by atoms with van der Waals surface area (Å²) in [5.74, 6) is 1.11. The molecular weight excluding hydrogens is 206 g/mol. The van der Waals surface area contributed by atoms with Crippen LogP contribution in [-0.2, 0) is 6.42 Å². The summed E-state index contributed by atoms with van der Waals surface area (Å²) in [4.78, 5) is 4.99. The quantitative estimate of drug-likeness (QED) is 0.731. The van der Waals surface area contributed by atoms with Gasteiger partial charge in [0.1, 0.15) is 12.4 Å². The van der Waals surface area contributed by atoms with Gasteiger partial charge in [0, 0.05) is 22.2 Å². The summed E-state index contributed by atoms with van der Waals surface area (Å²) in [5.41, 5.74) is 0. The molecule has 0 saturated carbocycles. The highest BCUT2D eigenvalue weighted by atomic mass is 32.1. The van der Waals surface area contributed by atoms with Crippen LogP contribution in [0.25, 0.3) is 0 Å². The first kappa shape index (κ1) is 12.5. The van der Waals surface area contributed by atoms with Gasteiger partial charge in [0.15, 0.2) is 0 Å². The van der Waals surface area contributed by atoms with Gasteiger partial charge in [0.2, 0.25) is 0 Å². The van der Waals surface area contributed by atoms with Crippen molar-refractivity contribution in [1.29, 1.82) is 0 Å². The summed E-state index contributed by atoms with van der Waals surface area (Å²) >= 11 is 1.86. The lowest BCUT2D eigenvalue weighted by atomic mass is 10.1. The first-order valence-electron chi connectivity index (χ1n) is 5.55. The van der Waals surface area contributed by atoms with Gasteiger partial charge in [-0.1, -0.05) is 13.8 Å². The molecule has 1 aromatic rings. The topological polar surface area (TPSA) is 12.5 Å². The maximum Gasteiger partial charge on any atom is 0.133 e. The van der Waals surface area contributed by atoms with Gasteiger partial charge in [0.25, 0.3) is 0 Å². The van der Waals surface area contributed by atoms with E-state index in [2.05, 4.69) is 32.0 Å². The maximum atomic E-state index is 5.69. The van der Waals surface area contributed by atoms with Gasteiger partial charge in [-0.3, -0.25) is 0 Å². The van der Waals surface area contributed by atoms with E-state index in [4.69, 9.17) is 4.74 Å². The molecule has 0 bridgehead atoms. The average Bonchev–Trinajstić information content (AvgIpc) is 2.59. The van der Waals surface area contributed by atoms with Gasteiger partial charge in [-0.2, -0.15) is 0 Å². The number of rotatable bonds is 1. The van der Waals surface area contributed by atoms with Gasteiger partial charge >= 0.3 is 0 Å². The Kier molecular flexibility index (Phi) is 4.61. The smallest absolute Gasteiger partial charge is 0.133 e. The van der Waals surface area contributed by atoms with Crippen molar-refractivity contribution in [2.75, 3.05) is 20.7 Å². The van der Waals surface area contributed by atoms with Crippen LogP contribution in [0.1, 0.15) is 23.6 Å². The van der Waals surface area contributed by atoms with Gasteiger partial charge in [0.05, 0.1) is 0 Å². The molecule has 2 rings (SSSR count). The largest absolute Gasteiger partial charge is 0.491 e. The number of thiophene rings is 1. The first-order chi connectivity index (χ1) is 7.16. The summed E-state index contributed by atoms with van der Waals surface area (Å²) in [6, 6.07) is 2.69. The number of hydrogen-bond donors (Lipinski definition) is 0. The van der Waals surface area contributed by atoms with Crippen LogP contribution in [0.5, 0.6) is 5.75 Å². The Hall–Kier alpha value is -0.540. The fourth-order valence-electron chi connectivity index (χ4n) is 1.59. The zero-order valence-corrected chi connectivity index (χ0v) is 11.1. The monoisotopic (exact) mass is 227 g/mol. The predicted molar refractivity (Wildman–Crippen MR) is 67.1 cm³/mol. The third-order valence-corrected chi connectivity index (χ3v) is 3.53. The molecule has 2 heterocycles. The summed E-state index contributed by atoms with van der Waals surface area (Å²) in [6.07, 6.45) is 1.14. The van der Waals surface area contributed by atoms with Gasteiger partial charge < -0.3 is 9.64 Å². The Bertz CT molecular complexity index is 307. The fourth-order valence-corrected chi connectivity index (χ4v) is 2.64. The normalized spacial score (nSPS) is 18.9. The molecule has 1 unspecified atom stereocenters. The molecule has 0 spiro atoms. The fraction of sp³-hybridized carbons (Fsp3) is 0.667. The predicted octanol–water partition coefficient (Wildman–Crippen LogP) is 2.95. The van der Waals surface area contributed by atoms with Crippen LogP contribution in [-0.4, -0.2) is 31.6 Å². The molecule has 0 radical (unpaired) electrons. The SMILES string of the molecule is CC.Cc1cc2c(s1)CC(N(C)C)CO2. The molecule has 0 aliphatic carbocycles. The highest BCUT2D eigenvalue weighted by Crippen LogP contribution is 2.33. The van der Waals surface area contributed by atoms with Crippen molar-refractivity contribution in [3.63, 3.8) is 0 Å². The number of aryl methyl sites for hydroxylation is 1. The molecule has 0 saturated heterocycles. The summed E-state index contributed by atoms with van der Waals surface area (Å²) < 4.78 is 5.69. The summed E-state index contributed by atoms with van der Waals surface area (Å²) in [6.45, 7) is 6.97. The van der Waals surface area contributed by atoms with E-state index in [1.54, 1.807) is 0 Å². The molecule has 0 aromatic carbocycles. The van der Waals surface area contributed by atoms with Crippen LogP contribution >= 0.6 is 11.3 Å². The number of fused-ring (bicyclic) bond motifs is 1. The second kappa shape index (κ2) is 5.52. The van der Waals surface area contributed by atoms with Crippen molar-refractivity contribution >= 4 is 11.3 Å². The second-order valence-electron chi connectivity index (χ2n) is 3.78. The van der Waals surface area contributed by atoms with Gasteiger partial charge in [-0.15, -0.1) is 11.3 Å². The van der Waals surface area contributed by atoms with Gasteiger partial charge in [-0.25, -0.2) is 0 Å². The van der Waals surface area contributed by atoms with Crippen molar-refractivity contribution in [2.45, 2.75) is 33.2 Å². The molecule has 3 heteroatoms. The standard InChI is InChI=1S/C10H15NOS.C2H6/c1-7-4-9-10(13-7)5-8(6-12-9)11(2)3;1-2/h4,8H,5-6H2,1-3H3;1-2H3. The zero-order chi connectivity index (χ0) is 11.4. The first-order valence-corrected chi connectivity index (χ1v) is 6.37. The third-order valence-electron chi connectivity index (χ3n) is 2.48. The number of ether oxygens (including phenoxy) is 1. The minimum atomic E-state index is 0.547. The molecule has 1 aliphatic heterocycles. The average molecular weight is 227 g/mol. The Labute approximate surface area is 96.9 Å². The van der Waals surface area contributed by atoms with Crippen LogP contribution in [0.15, 0.2) is 6.07 Å². The molecule has 0 amide bonds. The Morgan fingerprint density at radius 3 is 2.67 bits per heavy atom. The number of likely N-dealkylation sites (N-methyl/N-ethyl adjacent to an activating group) is 1. The van der Waals surface area contributed by atoms with Crippen LogP contribution in [0.2, 0.25) is 0 Å². The van der Waals surface area contributed by atoms with E-state index in [1.165, 1.54) is 9.75 Å². The molecule has 86 valence electrons. The Morgan fingerprint density at radius 2 is 2.07 bits per heavy atom. The molecule has 1 aliphatic rings. The zero-order valence-electron chi connectivity index (χ0n) is 10.3. The van der Waals surface area contributed by atoms with E-state index in [-0.39, 0.29) is 0 Å². The molecule has 15 heavy (non-hydrogen) atoms. The van der Waals surface area contributed by atoms with Crippen LogP contribution in [0.3, 0.4) is 0 Å². The number of nitrogens with zero attached hydrogens (tertiary/aromatic N) is 1. The van der Waals surface area contributed by atoms with Gasteiger partial charge in [-0.05, 0) is 27.1 Å². The van der Waals surface area contributed by atoms with Crippen LogP contribution in [0, 0.1) is 6.92 Å². The lowest BCUT2D eigenvalue weighted by molar-refractivity contribution is 0.167. The lowest BCUT2D eigenvalue weighted by Gasteiger charge is -2.28. The Morgan fingerprint density at radius 1 is 1.40 bits per heavy atom. The van der Waals surface area contributed by atoms with E-state index < -0.39 is 0 Å². The van der Waals surface area contributed by atoms with E-state index in [1.807, 2.05) is 25.2 Å². The lowest BCUT2D eigenvalue weighted by Crippen LogP contribution is -2.37. The van der Waals surface area contributed by atoms with Crippen molar-refractivity contribution in [2.24, 2.45) is 0 Å². The molecule has 0 fully saturated rings. The Balaban J connectivity index is 0.000000531. The molecule has 2 nitrogen and oxygen atoms in total. The third kappa shape index (κ3) is 2.95. The van der Waals surface area contributed by atoms with E-state index in [0.29, 0.717) is 6.04 Å². The molecular formula is C12H21NOS. The van der Waals surface area contributed by atoms with Crippen LogP contribution in [0.4, 0.5) is 0 Å². The van der Waals surface area contributed by atoms with Crippen LogP contribution < -0.4 is 4.74 Å². The highest BCUT2D eigenvalue weighted by molar-refractivity contribution is 7.12. The molecule has 1 atom stereocenters. The van der Waals surface area contributed by atoms with Crippen molar-refractivity contribution < 1.29 is 4.74 Å². The van der Waals surface area contributed by atoms with Crippen molar-refractivity contribution in [3.8, 4) is 5.75 Å². The highest BCUT2D eigenvalue weighted by Gasteiger charge is 2.22. The number of hydrogen-bond acceptors (Lipinski definition) is 3. The minimum absolute atomic E-state index is 0.547.